The maximum Gasteiger partial charge on any atom is 0.00204 e. The highest BCUT2D eigenvalue weighted by Gasteiger charge is 2.46. The molecule has 2 heteroatoms. The predicted octanol–water partition coefficient (Wildman–Crippen LogP) is 1.94. The number of thiol groups is 1. The van der Waals surface area contributed by atoms with Crippen LogP contribution in [0.5, 0.6) is 0 Å². The van der Waals surface area contributed by atoms with Gasteiger partial charge in [0.1, 0.15) is 0 Å². The van der Waals surface area contributed by atoms with Gasteiger partial charge in [-0.25, -0.2) is 0 Å². The second-order valence-corrected chi connectivity index (χ2v) is 4.57. The van der Waals surface area contributed by atoms with E-state index < -0.39 is 0 Å². The minimum absolute atomic E-state index is 0.805. The van der Waals surface area contributed by atoms with E-state index in [1.54, 1.807) is 0 Å². The zero-order valence-corrected chi connectivity index (χ0v) is 8.45. The first-order chi connectivity index (χ1) is 5.22. The Labute approximate surface area is 75.4 Å². The topological polar surface area (TPSA) is 12.0 Å². The molecule has 1 N–H and O–H groups in total. The van der Waals surface area contributed by atoms with E-state index >= 15 is 0 Å². The lowest BCUT2D eigenvalue weighted by molar-refractivity contribution is 0.00946. The highest BCUT2D eigenvalue weighted by molar-refractivity contribution is 7.80. The molecule has 1 aliphatic heterocycles. The average molecular weight is 173 g/mol. The molecule has 1 nitrogen and oxygen atoms in total. The van der Waals surface area contributed by atoms with Gasteiger partial charge in [0.25, 0.3) is 0 Å². The zero-order valence-electron chi connectivity index (χ0n) is 7.56. The van der Waals surface area contributed by atoms with Crippen LogP contribution in [0.15, 0.2) is 0 Å². The van der Waals surface area contributed by atoms with Crippen LogP contribution in [-0.4, -0.2) is 18.8 Å². The number of rotatable bonds is 0. The van der Waals surface area contributed by atoms with Crippen LogP contribution in [0, 0.1) is 11.3 Å². The molecule has 1 heterocycles. The Morgan fingerprint density at radius 2 is 1.91 bits per heavy atom. The standard InChI is InChI=1S/C7H13N.C2H6S/c1-6-2-7(3-6)4-8-5-7;1-2-3/h6,8H,2-5H2,1H3;3H,2H2,1H3. The summed E-state index contributed by atoms with van der Waals surface area (Å²) in [6, 6.07) is 0. The molecule has 11 heavy (non-hydrogen) atoms. The van der Waals surface area contributed by atoms with E-state index in [9.17, 15) is 0 Å². The molecule has 1 spiro atoms. The van der Waals surface area contributed by atoms with Crippen LogP contribution in [0.2, 0.25) is 0 Å². The molecule has 2 aliphatic rings. The van der Waals surface area contributed by atoms with Gasteiger partial charge in [-0.15, -0.1) is 0 Å². The SMILES string of the molecule is CC1CC2(CNC2)C1.CCS. The van der Waals surface area contributed by atoms with Gasteiger partial charge in [0.2, 0.25) is 0 Å². The van der Waals surface area contributed by atoms with Gasteiger partial charge in [-0.1, -0.05) is 13.8 Å². The molecule has 0 aromatic heterocycles. The van der Waals surface area contributed by atoms with Crippen molar-refractivity contribution in [2.45, 2.75) is 26.7 Å². The number of hydrogen-bond donors (Lipinski definition) is 2. The molecule has 0 aromatic rings. The third-order valence-corrected chi connectivity index (χ3v) is 2.56. The Balaban J connectivity index is 0.000000179. The summed E-state index contributed by atoms with van der Waals surface area (Å²) in [5.41, 5.74) is 0.805. The molecule has 2 rings (SSSR count). The average Bonchev–Trinajstić information content (AvgIpc) is 1.78. The van der Waals surface area contributed by atoms with E-state index in [0.29, 0.717) is 0 Å². The molecular weight excluding hydrogens is 154 g/mol. The van der Waals surface area contributed by atoms with Crippen LogP contribution in [0.3, 0.4) is 0 Å². The molecular formula is C9H19NS. The summed E-state index contributed by atoms with van der Waals surface area (Å²) in [5.74, 6) is 1.97. The third kappa shape index (κ3) is 2.12. The largest absolute Gasteiger partial charge is 0.316 e. The quantitative estimate of drug-likeness (QED) is 0.534. The lowest BCUT2D eigenvalue weighted by atomic mass is 9.59. The van der Waals surface area contributed by atoms with E-state index in [-0.39, 0.29) is 0 Å². The van der Waals surface area contributed by atoms with Crippen LogP contribution < -0.4 is 5.32 Å². The van der Waals surface area contributed by atoms with Crippen molar-refractivity contribution in [3.63, 3.8) is 0 Å². The fourth-order valence-electron chi connectivity index (χ4n) is 2.19. The predicted molar refractivity (Wildman–Crippen MR) is 53.2 cm³/mol. The summed E-state index contributed by atoms with van der Waals surface area (Å²) in [5, 5.41) is 3.32. The van der Waals surface area contributed by atoms with Crippen molar-refractivity contribution in [2.75, 3.05) is 18.8 Å². The number of nitrogens with one attached hydrogen (secondary N) is 1. The molecule has 0 amide bonds. The van der Waals surface area contributed by atoms with Gasteiger partial charge in [-0.2, -0.15) is 12.6 Å². The van der Waals surface area contributed by atoms with Crippen LogP contribution >= 0.6 is 12.6 Å². The molecule has 66 valence electrons. The summed E-state index contributed by atoms with van der Waals surface area (Å²) in [6.45, 7) is 6.95. The highest BCUT2D eigenvalue weighted by Crippen LogP contribution is 2.47. The lowest BCUT2D eigenvalue weighted by Gasteiger charge is -2.53. The van der Waals surface area contributed by atoms with Gasteiger partial charge in [-0.3, -0.25) is 0 Å². The molecule has 0 bridgehead atoms. The second-order valence-electron chi connectivity index (χ2n) is 3.93. The van der Waals surface area contributed by atoms with Crippen molar-refractivity contribution in [2.24, 2.45) is 11.3 Å². The Hall–Kier alpha value is 0.310. The number of hydrogen-bond acceptors (Lipinski definition) is 2. The van der Waals surface area contributed by atoms with E-state index in [2.05, 4.69) is 24.9 Å². The Kier molecular flexibility index (Phi) is 3.26. The second kappa shape index (κ2) is 3.81. The normalized spacial score (nSPS) is 26.5. The van der Waals surface area contributed by atoms with Crippen molar-refractivity contribution in [1.82, 2.24) is 5.32 Å². The van der Waals surface area contributed by atoms with Gasteiger partial charge < -0.3 is 5.32 Å². The molecule has 0 unspecified atom stereocenters. The first-order valence-electron chi connectivity index (χ1n) is 4.54. The first kappa shape index (κ1) is 9.40. The van der Waals surface area contributed by atoms with E-state index in [4.69, 9.17) is 0 Å². The third-order valence-electron chi connectivity index (χ3n) is 2.56. The van der Waals surface area contributed by atoms with Crippen LogP contribution in [-0.2, 0) is 0 Å². The highest BCUT2D eigenvalue weighted by atomic mass is 32.1. The molecule has 0 atom stereocenters. The maximum atomic E-state index is 3.79. The minimum Gasteiger partial charge on any atom is -0.316 e. The monoisotopic (exact) mass is 173 g/mol. The molecule has 0 radical (unpaired) electrons. The molecule has 1 saturated heterocycles. The van der Waals surface area contributed by atoms with Crippen molar-refractivity contribution in [3.8, 4) is 0 Å². The summed E-state index contributed by atoms with van der Waals surface area (Å²) in [7, 11) is 0. The summed E-state index contributed by atoms with van der Waals surface area (Å²) >= 11 is 3.79. The summed E-state index contributed by atoms with van der Waals surface area (Å²) in [4.78, 5) is 0. The van der Waals surface area contributed by atoms with Gasteiger partial charge in [-0.05, 0) is 29.9 Å². The van der Waals surface area contributed by atoms with Crippen molar-refractivity contribution >= 4 is 12.6 Å². The van der Waals surface area contributed by atoms with Gasteiger partial charge in [0.15, 0.2) is 0 Å². The van der Waals surface area contributed by atoms with Gasteiger partial charge in [0, 0.05) is 13.1 Å². The van der Waals surface area contributed by atoms with E-state index in [1.807, 2.05) is 6.92 Å². The summed E-state index contributed by atoms with van der Waals surface area (Å²) in [6.07, 6.45) is 2.97. The van der Waals surface area contributed by atoms with Crippen LogP contribution in [0.1, 0.15) is 26.7 Å². The lowest BCUT2D eigenvalue weighted by Crippen LogP contribution is -2.59. The Morgan fingerprint density at radius 1 is 1.45 bits per heavy atom. The van der Waals surface area contributed by atoms with Gasteiger partial charge >= 0.3 is 0 Å². The van der Waals surface area contributed by atoms with Crippen molar-refractivity contribution in [1.29, 1.82) is 0 Å². The first-order valence-corrected chi connectivity index (χ1v) is 5.17. The molecule has 0 aromatic carbocycles. The Bertz CT molecular complexity index is 113. The smallest absolute Gasteiger partial charge is 0.00204 e. The van der Waals surface area contributed by atoms with Gasteiger partial charge in [0.05, 0.1) is 0 Å². The summed E-state index contributed by atoms with van der Waals surface area (Å²) < 4.78 is 0. The zero-order chi connectivity index (χ0) is 8.32. The van der Waals surface area contributed by atoms with Crippen LogP contribution in [0.4, 0.5) is 0 Å². The molecule has 1 aliphatic carbocycles. The maximum absolute atomic E-state index is 3.79. The van der Waals surface area contributed by atoms with Crippen LogP contribution in [0.25, 0.3) is 0 Å². The molecule has 1 saturated carbocycles. The van der Waals surface area contributed by atoms with Crippen molar-refractivity contribution in [3.05, 3.63) is 0 Å². The van der Waals surface area contributed by atoms with E-state index in [1.165, 1.54) is 25.9 Å². The van der Waals surface area contributed by atoms with E-state index in [0.717, 1.165) is 17.1 Å². The van der Waals surface area contributed by atoms with Crippen molar-refractivity contribution < 1.29 is 0 Å². The Morgan fingerprint density at radius 3 is 2.00 bits per heavy atom. The fraction of sp³-hybridized carbons (Fsp3) is 1.00. The molecule has 2 fully saturated rings. The minimum atomic E-state index is 0.805. The fourth-order valence-corrected chi connectivity index (χ4v) is 2.19.